The minimum atomic E-state index is -4.61. The molecule has 0 radical (unpaired) electrons. The van der Waals surface area contributed by atoms with Gasteiger partial charge in [-0.1, -0.05) is 43.2 Å². The van der Waals surface area contributed by atoms with Crippen LogP contribution in [-0.4, -0.2) is 93.5 Å². The molecule has 5 aromatic rings. The van der Waals surface area contributed by atoms with E-state index in [9.17, 15) is 32.4 Å². The number of rotatable bonds is 12. The standard InChI is InChI=1S/C44H50ClN7O8S2/c1-44(2)15-11-31(38(26-44)29-3-5-32(45)6-4-29)28-50-17-19-51(20-18-50)34-7-9-37(41(24-34)60-35-23-30-12-16-46-42(30)47-27-35)43(53)49-62(58,59)36-8-10-39(40(25-36)52(54)55)48-33-13-21-61(56,57)22-14-33/h3-10,12,16,23-25,27,33,48,56-57H,11,13-15,17-22,26,28H2,1-2H3,(H,46,47)(H,49,53). The number of benzene rings is 3. The molecular formula is C44H50ClN7O8S2. The van der Waals surface area contributed by atoms with Crippen LogP contribution >= 0.6 is 22.2 Å². The molecule has 8 rings (SSSR count). The SMILES string of the molecule is CC1(C)CCC(CN2CCN(c3ccc(C(=O)NS(=O)(=O)c4ccc(NC5CCS(O)(O)CC5)c([N+](=O)[O-])c4)c(Oc4cnc5[nH]ccc5c4)c3)CC2)=C(c2ccc(Cl)cc2)C1. The van der Waals surface area contributed by atoms with Crippen molar-refractivity contribution < 1.29 is 32.0 Å². The van der Waals surface area contributed by atoms with Crippen molar-refractivity contribution in [1.29, 1.82) is 0 Å². The lowest BCUT2D eigenvalue weighted by Gasteiger charge is -2.39. The number of amides is 1. The van der Waals surface area contributed by atoms with Gasteiger partial charge in [0, 0.05) is 84.7 Å². The maximum atomic E-state index is 13.9. The van der Waals surface area contributed by atoms with Gasteiger partial charge < -0.3 is 19.9 Å². The Hall–Kier alpha value is -5.17. The molecule has 1 aliphatic carbocycles. The lowest BCUT2D eigenvalue weighted by molar-refractivity contribution is -0.384. The number of carbonyl (C=O) groups is 1. The van der Waals surface area contributed by atoms with Crippen molar-refractivity contribution in [3.05, 3.63) is 117 Å². The largest absolute Gasteiger partial charge is 0.455 e. The minimum absolute atomic E-state index is 0.0666. The maximum absolute atomic E-state index is 13.9. The molecule has 18 heteroatoms. The summed E-state index contributed by atoms with van der Waals surface area (Å²) in [6, 6.07) is 19.8. The average Bonchev–Trinajstić information content (AvgIpc) is 3.71. The highest BCUT2D eigenvalue weighted by atomic mass is 35.5. The second kappa shape index (κ2) is 17.5. The number of nitro groups is 1. The van der Waals surface area contributed by atoms with Crippen molar-refractivity contribution in [3.8, 4) is 11.5 Å². The number of nitrogens with zero attached hydrogens (tertiary/aromatic N) is 4. The number of nitro benzene ring substituents is 1. The van der Waals surface area contributed by atoms with Crippen LogP contribution in [0, 0.1) is 15.5 Å². The van der Waals surface area contributed by atoms with Crippen LogP contribution in [0.5, 0.6) is 11.5 Å². The van der Waals surface area contributed by atoms with E-state index in [2.05, 4.69) is 55.8 Å². The molecule has 2 fully saturated rings. The molecule has 5 N–H and O–H groups in total. The van der Waals surface area contributed by atoms with Crippen LogP contribution in [0.1, 0.15) is 61.9 Å². The number of hydrogen-bond acceptors (Lipinski definition) is 12. The van der Waals surface area contributed by atoms with Crippen LogP contribution in [0.25, 0.3) is 16.6 Å². The van der Waals surface area contributed by atoms with Gasteiger partial charge in [0.25, 0.3) is 21.6 Å². The molecule has 2 aromatic heterocycles. The first-order chi connectivity index (χ1) is 29.5. The Balaban J connectivity index is 1.01. The summed E-state index contributed by atoms with van der Waals surface area (Å²) >= 11 is 6.23. The van der Waals surface area contributed by atoms with E-state index in [1.54, 1.807) is 24.4 Å². The number of pyridine rings is 1. The first-order valence-corrected chi connectivity index (χ1v) is 24.3. The summed E-state index contributed by atoms with van der Waals surface area (Å²) in [6.45, 7) is 8.55. The van der Waals surface area contributed by atoms with Gasteiger partial charge in [-0.3, -0.25) is 28.9 Å². The lowest BCUT2D eigenvalue weighted by atomic mass is 9.72. The van der Waals surface area contributed by atoms with E-state index < -0.39 is 42.0 Å². The Morgan fingerprint density at radius 2 is 1.77 bits per heavy atom. The minimum Gasteiger partial charge on any atom is -0.455 e. The van der Waals surface area contributed by atoms with E-state index in [4.69, 9.17) is 16.3 Å². The molecular weight excluding hydrogens is 854 g/mol. The van der Waals surface area contributed by atoms with Crippen LogP contribution in [-0.2, 0) is 10.0 Å². The van der Waals surface area contributed by atoms with Gasteiger partial charge in [0.05, 0.1) is 21.6 Å². The molecule has 62 heavy (non-hydrogen) atoms. The Labute approximate surface area is 367 Å². The molecule has 4 heterocycles. The van der Waals surface area contributed by atoms with Crippen molar-refractivity contribution >= 4 is 71.8 Å². The molecule has 3 aromatic carbocycles. The molecule has 328 valence electrons. The summed E-state index contributed by atoms with van der Waals surface area (Å²) in [5.41, 5.74) is 5.25. The molecule has 1 amide bonds. The molecule has 0 spiro atoms. The van der Waals surface area contributed by atoms with Crippen molar-refractivity contribution in [2.75, 3.05) is 54.4 Å². The van der Waals surface area contributed by atoms with E-state index >= 15 is 0 Å². The zero-order valence-electron chi connectivity index (χ0n) is 34.5. The number of anilines is 2. The predicted octanol–water partition coefficient (Wildman–Crippen LogP) is 9.15. The van der Waals surface area contributed by atoms with Crippen molar-refractivity contribution in [1.82, 2.24) is 19.6 Å². The number of sulfonamides is 1. The normalized spacial score (nSPS) is 19.0. The van der Waals surface area contributed by atoms with E-state index in [-0.39, 0.29) is 40.0 Å². The molecule has 2 saturated heterocycles. The van der Waals surface area contributed by atoms with Crippen molar-refractivity contribution in [2.24, 2.45) is 5.41 Å². The van der Waals surface area contributed by atoms with E-state index in [0.29, 0.717) is 37.3 Å². The predicted molar refractivity (Wildman–Crippen MR) is 244 cm³/mol. The van der Waals surface area contributed by atoms with Crippen molar-refractivity contribution in [2.45, 2.75) is 56.9 Å². The number of H-pyrrole nitrogens is 1. The number of aromatic amines is 1. The Morgan fingerprint density at radius 1 is 1.03 bits per heavy atom. The summed E-state index contributed by atoms with van der Waals surface area (Å²) in [5.74, 6) is -0.215. The molecule has 15 nitrogen and oxygen atoms in total. The van der Waals surface area contributed by atoms with Crippen LogP contribution in [0.4, 0.5) is 17.1 Å². The summed E-state index contributed by atoms with van der Waals surface area (Å²) in [5, 5.41) is 16.7. The Kier molecular flexibility index (Phi) is 12.3. The van der Waals surface area contributed by atoms with Gasteiger partial charge in [-0.15, -0.1) is 0 Å². The Bertz CT molecular complexity index is 2630. The van der Waals surface area contributed by atoms with Crippen LogP contribution in [0.3, 0.4) is 0 Å². The van der Waals surface area contributed by atoms with E-state index in [1.165, 1.54) is 41.1 Å². The number of allylic oxidation sites excluding steroid dienone is 1. The van der Waals surface area contributed by atoms with Crippen LogP contribution in [0.15, 0.2) is 95.7 Å². The van der Waals surface area contributed by atoms with Gasteiger partial charge in [-0.25, -0.2) is 18.1 Å². The first-order valence-electron chi connectivity index (χ1n) is 20.6. The third kappa shape index (κ3) is 10.0. The zero-order valence-corrected chi connectivity index (χ0v) is 36.9. The monoisotopic (exact) mass is 903 g/mol. The summed E-state index contributed by atoms with van der Waals surface area (Å²) in [7, 11) is -7.28. The molecule has 0 bridgehead atoms. The highest BCUT2D eigenvalue weighted by molar-refractivity contribution is 8.24. The molecule has 0 saturated carbocycles. The molecule has 0 atom stereocenters. The van der Waals surface area contributed by atoms with Crippen LogP contribution < -0.4 is 19.7 Å². The van der Waals surface area contributed by atoms with Gasteiger partial charge in [-0.2, -0.15) is 10.6 Å². The zero-order chi connectivity index (χ0) is 43.8. The van der Waals surface area contributed by atoms with E-state index in [1.807, 2.05) is 18.2 Å². The number of aromatic nitrogens is 2. The summed E-state index contributed by atoms with van der Waals surface area (Å²) in [4.78, 5) is 37.0. The number of halogens is 1. The second-order valence-electron chi connectivity index (χ2n) is 17.1. The molecule has 2 aliphatic heterocycles. The average molecular weight is 905 g/mol. The molecule has 3 aliphatic rings. The van der Waals surface area contributed by atoms with Gasteiger partial charge >= 0.3 is 0 Å². The number of nitrogens with one attached hydrogen (secondary N) is 3. The highest BCUT2D eigenvalue weighted by Gasteiger charge is 2.31. The fraction of sp³-hybridized carbons (Fsp3) is 0.364. The van der Waals surface area contributed by atoms with E-state index in [0.717, 1.165) is 61.1 Å². The first kappa shape index (κ1) is 43.5. The number of ether oxygens (including phenoxy) is 1. The van der Waals surface area contributed by atoms with Gasteiger partial charge in [0.1, 0.15) is 22.8 Å². The molecule has 0 unspecified atom stereocenters. The number of fused-ring (bicyclic) bond motifs is 1. The summed E-state index contributed by atoms with van der Waals surface area (Å²) < 4.78 is 55.7. The maximum Gasteiger partial charge on any atom is 0.293 e. The summed E-state index contributed by atoms with van der Waals surface area (Å²) in [6.07, 6.45) is 7.19. The third-order valence-corrected chi connectivity index (χ3v) is 15.4. The number of hydrogen-bond donors (Lipinski definition) is 5. The Morgan fingerprint density at radius 3 is 2.50 bits per heavy atom. The van der Waals surface area contributed by atoms with Gasteiger partial charge in [-0.05, 0) is 97.2 Å². The fourth-order valence-electron chi connectivity index (χ4n) is 8.44. The van der Waals surface area contributed by atoms with Crippen molar-refractivity contribution in [3.63, 3.8) is 0 Å². The second-order valence-corrected chi connectivity index (χ2v) is 21.6. The fourth-order valence-corrected chi connectivity index (χ4v) is 11.1. The number of carbonyl (C=O) groups excluding carboxylic acids is 1. The lowest BCUT2D eigenvalue weighted by Crippen LogP contribution is -2.47. The third-order valence-electron chi connectivity index (χ3n) is 12.0. The van der Waals surface area contributed by atoms with Gasteiger partial charge in [0.2, 0.25) is 0 Å². The quantitative estimate of drug-likeness (QED) is 0.0588. The number of piperazine rings is 1. The highest BCUT2D eigenvalue weighted by Crippen LogP contribution is 2.45. The van der Waals surface area contributed by atoms with Gasteiger partial charge in [0.15, 0.2) is 0 Å². The topological polar surface area (TPSA) is 203 Å². The van der Waals surface area contributed by atoms with Crippen LogP contribution in [0.2, 0.25) is 5.02 Å². The smallest absolute Gasteiger partial charge is 0.293 e.